The Hall–Kier alpha value is -3.00. The number of carbonyl (C=O) groups excluding carboxylic acids is 1. The molecule has 7 nitrogen and oxygen atoms in total. The van der Waals surface area contributed by atoms with Crippen LogP contribution >= 0.6 is 11.3 Å². The van der Waals surface area contributed by atoms with Gasteiger partial charge in [0, 0.05) is 36.6 Å². The number of anilines is 2. The molecule has 0 unspecified atom stereocenters. The van der Waals surface area contributed by atoms with Crippen LogP contribution in [-0.2, 0) is 4.79 Å². The maximum absolute atomic E-state index is 12.7. The van der Waals surface area contributed by atoms with Gasteiger partial charge in [0.25, 0.3) is 0 Å². The first-order valence-corrected chi connectivity index (χ1v) is 9.19. The number of furan rings is 1. The minimum Gasteiger partial charge on any atom is -0.465 e. The summed E-state index contributed by atoms with van der Waals surface area (Å²) >= 11 is 1.49. The maximum Gasteiger partial charge on any atom is 0.247 e. The van der Waals surface area contributed by atoms with E-state index in [-0.39, 0.29) is 11.9 Å². The van der Waals surface area contributed by atoms with Crippen molar-refractivity contribution in [2.45, 2.75) is 18.9 Å². The van der Waals surface area contributed by atoms with Crippen molar-refractivity contribution in [2.75, 3.05) is 11.9 Å². The second-order valence-electron chi connectivity index (χ2n) is 5.79. The molecule has 1 atom stereocenters. The van der Waals surface area contributed by atoms with Crippen molar-refractivity contribution in [1.29, 1.82) is 0 Å². The fourth-order valence-corrected chi connectivity index (χ4v) is 3.55. The van der Waals surface area contributed by atoms with Crippen LogP contribution in [0.25, 0.3) is 6.08 Å². The van der Waals surface area contributed by atoms with Gasteiger partial charge in [-0.3, -0.25) is 9.78 Å². The first-order chi connectivity index (χ1) is 12.8. The smallest absolute Gasteiger partial charge is 0.247 e. The number of hydrogen-bond acceptors (Lipinski definition) is 7. The van der Waals surface area contributed by atoms with E-state index in [1.807, 2.05) is 16.3 Å². The first-order valence-electron chi connectivity index (χ1n) is 8.31. The summed E-state index contributed by atoms with van der Waals surface area (Å²) in [5.74, 6) is 1.23. The van der Waals surface area contributed by atoms with Gasteiger partial charge in [-0.2, -0.15) is 0 Å². The van der Waals surface area contributed by atoms with Crippen LogP contribution in [0.2, 0.25) is 0 Å². The topological polar surface area (TPSA) is 84.2 Å². The number of nitrogens with zero attached hydrogens (tertiary/aromatic N) is 4. The highest BCUT2D eigenvalue weighted by Crippen LogP contribution is 2.35. The Morgan fingerprint density at radius 2 is 2.23 bits per heavy atom. The fraction of sp³-hybridized carbons (Fsp3) is 0.222. The van der Waals surface area contributed by atoms with E-state index in [0.29, 0.717) is 18.1 Å². The highest BCUT2D eigenvalue weighted by Gasteiger charge is 2.32. The zero-order valence-electron chi connectivity index (χ0n) is 13.9. The SMILES string of the molecule is O=C(/C=C/c1ccco1)N1CCC[C@@H]1c1nccnc1Nc1nccs1. The molecule has 4 rings (SSSR count). The lowest BCUT2D eigenvalue weighted by Crippen LogP contribution is -2.30. The van der Waals surface area contributed by atoms with Crippen LogP contribution in [0.15, 0.2) is 52.9 Å². The molecular formula is C18H17N5O2S. The minimum absolute atomic E-state index is 0.0604. The largest absolute Gasteiger partial charge is 0.465 e. The molecule has 1 amide bonds. The lowest BCUT2D eigenvalue weighted by molar-refractivity contribution is -0.126. The molecule has 1 aliphatic heterocycles. The van der Waals surface area contributed by atoms with Crippen molar-refractivity contribution in [1.82, 2.24) is 19.9 Å². The Balaban J connectivity index is 1.56. The summed E-state index contributed by atoms with van der Waals surface area (Å²) in [6.07, 6.45) is 11.6. The lowest BCUT2D eigenvalue weighted by Gasteiger charge is -2.24. The molecule has 3 aromatic rings. The first kappa shape index (κ1) is 16.5. The van der Waals surface area contributed by atoms with E-state index >= 15 is 0 Å². The second-order valence-corrected chi connectivity index (χ2v) is 6.69. The fourth-order valence-electron chi connectivity index (χ4n) is 3.03. The molecule has 0 spiro atoms. The molecule has 1 saturated heterocycles. The third-order valence-corrected chi connectivity index (χ3v) is 4.86. The average molecular weight is 367 g/mol. The number of likely N-dealkylation sites (tertiary alicyclic amines) is 1. The van der Waals surface area contributed by atoms with Crippen LogP contribution in [0, 0.1) is 0 Å². The number of aromatic nitrogens is 3. The molecule has 0 aromatic carbocycles. The third-order valence-electron chi connectivity index (χ3n) is 4.17. The minimum atomic E-state index is -0.111. The number of nitrogens with one attached hydrogen (secondary N) is 1. The van der Waals surface area contributed by atoms with Crippen molar-refractivity contribution < 1.29 is 9.21 Å². The normalized spacial score (nSPS) is 17.1. The summed E-state index contributed by atoms with van der Waals surface area (Å²) in [6.45, 7) is 0.694. The monoisotopic (exact) mass is 367 g/mol. The van der Waals surface area contributed by atoms with Crippen molar-refractivity contribution in [3.63, 3.8) is 0 Å². The van der Waals surface area contributed by atoms with Gasteiger partial charge in [0.1, 0.15) is 11.5 Å². The predicted octanol–water partition coefficient (Wildman–Crippen LogP) is 3.65. The van der Waals surface area contributed by atoms with Gasteiger partial charge in [-0.1, -0.05) is 0 Å². The lowest BCUT2D eigenvalue weighted by atomic mass is 10.1. The summed E-state index contributed by atoms with van der Waals surface area (Å²) in [4.78, 5) is 27.6. The molecule has 1 fully saturated rings. The summed E-state index contributed by atoms with van der Waals surface area (Å²) in [7, 11) is 0. The molecule has 26 heavy (non-hydrogen) atoms. The molecule has 132 valence electrons. The Morgan fingerprint density at radius 1 is 1.31 bits per heavy atom. The van der Waals surface area contributed by atoms with Gasteiger partial charge in [0.05, 0.1) is 12.3 Å². The van der Waals surface area contributed by atoms with Crippen LogP contribution in [0.3, 0.4) is 0 Å². The molecule has 3 aromatic heterocycles. The number of carbonyl (C=O) groups is 1. The molecule has 0 aliphatic carbocycles. The summed E-state index contributed by atoms with van der Waals surface area (Å²) in [6, 6.07) is 3.49. The number of thiazole rings is 1. The third kappa shape index (κ3) is 3.50. The Bertz CT molecular complexity index is 892. The van der Waals surface area contributed by atoms with Gasteiger partial charge in [-0.25, -0.2) is 9.97 Å². The molecular weight excluding hydrogens is 350 g/mol. The van der Waals surface area contributed by atoms with Gasteiger partial charge in [0.2, 0.25) is 5.91 Å². The molecule has 0 bridgehead atoms. The highest BCUT2D eigenvalue weighted by molar-refractivity contribution is 7.13. The predicted molar refractivity (Wildman–Crippen MR) is 98.9 cm³/mol. The highest BCUT2D eigenvalue weighted by atomic mass is 32.1. The zero-order valence-corrected chi connectivity index (χ0v) is 14.7. The Kier molecular flexibility index (Phi) is 4.74. The van der Waals surface area contributed by atoms with Gasteiger partial charge in [0.15, 0.2) is 10.9 Å². The van der Waals surface area contributed by atoms with Gasteiger partial charge >= 0.3 is 0 Å². The van der Waals surface area contributed by atoms with Crippen molar-refractivity contribution in [3.05, 3.63) is 59.9 Å². The molecule has 8 heteroatoms. The van der Waals surface area contributed by atoms with Crippen LogP contribution in [0.5, 0.6) is 0 Å². The standard InChI is InChI=1S/C18H17N5O2S/c24-15(6-5-13-3-2-11-25-13)23-10-1-4-14(23)16-17(20-8-7-19-16)22-18-21-9-12-26-18/h2-3,5-9,11-12,14H,1,4,10H2,(H,20,21,22)/b6-5+/t14-/m1/s1. The average Bonchev–Trinajstić information content (AvgIpc) is 3.42. The van der Waals surface area contributed by atoms with E-state index in [0.717, 1.165) is 23.7 Å². The molecule has 4 heterocycles. The zero-order chi connectivity index (χ0) is 17.8. The molecule has 1 N–H and O–H groups in total. The van der Waals surface area contributed by atoms with Crippen LogP contribution in [0.4, 0.5) is 10.9 Å². The van der Waals surface area contributed by atoms with Crippen molar-refractivity contribution in [3.8, 4) is 0 Å². The van der Waals surface area contributed by atoms with Gasteiger partial charge in [-0.05, 0) is 31.1 Å². The quantitative estimate of drug-likeness (QED) is 0.693. The van der Waals surface area contributed by atoms with E-state index in [1.54, 1.807) is 43.1 Å². The van der Waals surface area contributed by atoms with Crippen molar-refractivity contribution >= 4 is 34.3 Å². The van der Waals surface area contributed by atoms with Gasteiger partial charge < -0.3 is 14.6 Å². The Labute approximate surface area is 154 Å². The van der Waals surface area contributed by atoms with Crippen LogP contribution in [-0.4, -0.2) is 32.3 Å². The van der Waals surface area contributed by atoms with E-state index < -0.39 is 0 Å². The molecule has 0 saturated carbocycles. The van der Waals surface area contributed by atoms with Gasteiger partial charge in [-0.15, -0.1) is 11.3 Å². The van der Waals surface area contributed by atoms with E-state index in [1.165, 1.54) is 11.3 Å². The summed E-state index contributed by atoms with van der Waals surface area (Å²) in [5, 5.41) is 5.85. The van der Waals surface area contributed by atoms with E-state index in [2.05, 4.69) is 20.3 Å². The number of amides is 1. The molecule has 0 radical (unpaired) electrons. The summed E-state index contributed by atoms with van der Waals surface area (Å²) in [5.41, 5.74) is 0.764. The Morgan fingerprint density at radius 3 is 3.04 bits per heavy atom. The summed E-state index contributed by atoms with van der Waals surface area (Å²) < 4.78 is 5.24. The number of hydrogen-bond donors (Lipinski definition) is 1. The van der Waals surface area contributed by atoms with E-state index in [4.69, 9.17) is 4.42 Å². The van der Waals surface area contributed by atoms with Crippen LogP contribution < -0.4 is 5.32 Å². The molecule has 1 aliphatic rings. The van der Waals surface area contributed by atoms with E-state index in [9.17, 15) is 4.79 Å². The van der Waals surface area contributed by atoms with Crippen LogP contribution in [0.1, 0.15) is 30.3 Å². The number of rotatable bonds is 5. The van der Waals surface area contributed by atoms with Crippen molar-refractivity contribution in [2.24, 2.45) is 0 Å². The second kappa shape index (κ2) is 7.49. The maximum atomic E-state index is 12.7.